The average Bonchev–Trinajstić information content (AvgIpc) is 2.84. The first-order valence-electron chi connectivity index (χ1n) is 7.85. The quantitative estimate of drug-likeness (QED) is 0.843. The van der Waals surface area contributed by atoms with Crippen LogP contribution >= 0.6 is 11.3 Å². The van der Waals surface area contributed by atoms with Crippen molar-refractivity contribution in [3.63, 3.8) is 0 Å². The number of nitrogens with zero attached hydrogens (tertiary/aromatic N) is 1. The fourth-order valence-corrected chi connectivity index (χ4v) is 4.05. The summed E-state index contributed by atoms with van der Waals surface area (Å²) in [6, 6.07) is 5.54. The third-order valence-corrected chi connectivity index (χ3v) is 5.38. The van der Waals surface area contributed by atoms with Crippen LogP contribution < -0.4 is 5.32 Å². The molecule has 3 nitrogen and oxygen atoms in total. The van der Waals surface area contributed by atoms with Gasteiger partial charge in [0.2, 0.25) is 0 Å². The van der Waals surface area contributed by atoms with E-state index >= 15 is 0 Å². The first-order valence-corrected chi connectivity index (χ1v) is 8.67. The molecule has 1 aliphatic carbocycles. The highest BCUT2D eigenvalue weighted by Crippen LogP contribution is 2.29. The van der Waals surface area contributed by atoms with Gasteiger partial charge in [0.05, 0.1) is 10.9 Å². The molecule has 0 radical (unpaired) electrons. The molecule has 6 heteroatoms. The van der Waals surface area contributed by atoms with Crippen LogP contribution in [0, 0.1) is 23.0 Å². The minimum absolute atomic E-state index is 0.0367. The predicted molar refractivity (Wildman–Crippen MR) is 87.8 cm³/mol. The highest BCUT2D eigenvalue weighted by molar-refractivity contribution is 7.14. The Hall–Kier alpha value is -2.26. The van der Waals surface area contributed by atoms with Gasteiger partial charge < -0.3 is 5.32 Å². The summed E-state index contributed by atoms with van der Waals surface area (Å²) in [6.07, 6.45) is 5.38. The molecule has 124 valence electrons. The maximum absolute atomic E-state index is 13.8. The zero-order valence-electron chi connectivity index (χ0n) is 12.9. The summed E-state index contributed by atoms with van der Waals surface area (Å²) in [5.41, 5.74) is 1.16. The van der Waals surface area contributed by atoms with Crippen molar-refractivity contribution >= 4 is 17.2 Å². The number of nitrogens with one attached hydrogen (secondary N) is 1. The van der Waals surface area contributed by atoms with Crippen molar-refractivity contribution in [2.24, 2.45) is 0 Å². The van der Waals surface area contributed by atoms with Gasteiger partial charge in [0, 0.05) is 16.5 Å². The topological polar surface area (TPSA) is 52.9 Å². The Bertz CT molecular complexity index is 786. The lowest BCUT2D eigenvalue weighted by molar-refractivity contribution is 0.0948. The number of halogens is 2. The van der Waals surface area contributed by atoms with Crippen LogP contribution in [0.1, 0.15) is 51.0 Å². The fraction of sp³-hybridized carbons (Fsp3) is 0.333. The van der Waals surface area contributed by atoms with Gasteiger partial charge in [-0.1, -0.05) is 12.5 Å². The highest BCUT2D eigenvalue weighted by atomic mass is 32.1. The number of rotatable bonds is 3. The summed E-state index contributed by atoms with van der Waals surface area (Å²) in [7, 11) is 0. The van der Waals surface area contributed by atoms with E-state index in [9.17, 15) is 18.8 Å². The van der Waals surface area contributed by atoms with Gasteiger partial charge in [0.25, 0.3) is 5.91 Å². The first-order chi connectivity index (χ1) is 11.6. The molecule has 2 aromatic rings. The second-order valence-electron chi connectivity index (χ2n) is 5.82. The Morgan fingerprint density at radius 2 is 2.00 bits per heavy atom. The second kappa shape index (κ2) is 7.10. The number of benzene rings is 1. The number of thiophene rings is 1. The maximum Gasteiger partial charge on any atom is 0.262 e. The van der Waals surface area contributed by atoms with Gasteiger partial charge in [-0.2, -0.15) is 5.26 Å². The Balaban J connectivity index is 1.79. The standard InChI is InChI=1S/C18H16F2N2OS/c19-12-6-7-13(14(20)9-12)15(10-21)22-18(23)17-8-11-4-2-1-3-5-16(11)24-17/h6-9,15H,1-5H2,(H,22,23). The Kier molecular flexibility index (Phi) is 4.91. The third-order valence-electron chi connectivity index (χ3n) is 4.15. The molecule has 1 heterocycles. The lowest BCUT2D eigenvalue weighted by atomic mass is 10.1. The molecule has 0 saturated heterocycles. The monoisotopic (exact) mass is 346 g/mol. The summed E-state index contributed by atoms with van der Waals surface area (Å²) in [5, 5.41) is 11.8. The van der Waals surface area contributed by atoms with Crippen molar-refractivity contribution in [1.29, 1.82) is 5.26 Å². The van der Waals surface area contributed by atoms with Gasteiger partial charge >= 0.3 is 0 Å². The number of amides is 1. The minimum atomic E-state index is -1.15. The third kappa shape index (κ3) is 3.46. The number of nitriles is 1. The van der Waals surface area contributed by atoms with Crippen molar-refractivity contribution in [3.05, 3.63) is 56.8 Å². The van der Waals surface area contributed by atoms with Gasteiger partial charge in [-0.25, -0.2) is 8.78 Å². The summed E-state index contributed by atoms with van der Waals surface area (Å²) < 4.78 is 26.8. The van der Waals surface area contributed by atoms with Crippen molar-refractivity contribution < 1.29 is 13.6 Å². The molecule has 3 rings (SSSR count). The van der Waals surface area contributed by atoms with E-state index in [0.717, 1.165) is 31.7 Å². The van der Waals surface area contributed by atoms with Crippen LogP contribution in [0.5, 0.6) is 0 Å². The van der Waals surface area contributed by atoms with Gasteiger partial charge in [0.1, 0.15) is 17.7 Å². The van der Waals surface area contributed by atoms with Gasteiger partial charge in [-0.15, -0.1) is 11.3 Å². The summed E-state index contributed by atoms with van der Waals surface area (Å²) >= 11 is 1.44. The smallest absolute Gasteiger partial charge is 0.262 e. The molecule has 1 aliphatic rings. The van der Waals surface area contributed by atoms with E-state index in [1.54, 1.807) is 0 Å². The molecule has 1 atom stereocenters. The van der Waals surface area contributed by atoms with Crippen LogP contribution in [0.3, 0.4) is 0 Å². The normalized spacial score (nSPS) is 15.0. The van der Waals surface area contributed by atoms with Crippen molar-refractivity contribution in [2.75, 3.05) is 0 Å². The fourth-order valence-electron chi connectivity index (χ4n) is 2.90. The molecule has 0 saturated carbocycles. The lowest BCUT2D eigenvalue weighted by Crippen LogP contribution is -2.27. The van der Waals surface area contributed by atoms with Crippen LogP contribution in [0.4, 0.5) is 8.78 Å². The van der Waals surface area contributed by atoms with Gasteiger partial charge in [0.15, 0.2) is 0 Å². The summed E-state index contributed by atoms with van der Waals surface area (Å²) in [5.74, 6) is -1.96. The van der Waals surface area contributed by atoms with Crippen LogP contribution in [0.2, 0.25) is 0 Å². The number of carbonyl (C=O) groups is 1. The van der Waals surface area contributed by atoms with Crippen LogP contribution in [0.25, 0.3) is 0 Å². The van der Waals surface area contributed by atoms with Crippen LogP contribution in [-0.4, -0.2) is 5.91 Å². The molecule has 24 heavy (non-hydrogen) atoms. The van der Waals surface area contributed by atoms with Crippen LogP contribution in [-0.2, 0) is 12.8 Å². The van der Waals surface area contributed by atoms with E-state index in [1.807, 2.05) is 12.1 Å². The minimum Gasteiger partial charge on any atom is -0.332 e. The Morgan fingerprint density at radius 1 is 1.21 bits per heavy atom. The largest absolute Gasteiger partial charge is 0.332 e. The molecule has 0 fully saturated rings. The molecular weight excluding hydrogens is 330 g/mol. The molecule has 1 aromatic heterocycles. The van der Waals surface area contributed by atoms with E-state index in [-0.39, 0.29) is 5.56 Å². The Labute approximate surface area is 142 Å². The molecule has 1 N–H and O–H groups in total. The highest BCUT2D eigenvalue weighted by Gasteiger charge is 2.22. The molecule has 1 unspecified atom stereocenters. The number of aryl methyl sites for hydroxylation is 2. The van der Waals surface area contributed by atoms with Gasteiger partial charge in [-0.3, -0.25) is 4.79 Å². The number of hydrogen-bond acceptors (Lipinski definition) is 3. The molecule has 1 amide bonds. The number of carbonyl (C=O) groups excluding carboxylic acids is 1. The molecule has 0 bridgehead atoms. The van der Waals surface area contributed by atoms with E-state index in [0.29, 0.717) is 10.9 Å². The van der Waals surface area contributed by atoms with Crippen molar-refractivity contribution in [1.82, 2.24) is 5.32 Å². The average molecular weight is 346 g/mol. The Morgan fingerprint density at radius 3 is 2.75 bits per heavy atom. The second-order valence-corrected chi connectivity index (χ2v) is 6.96. The maximum atomic E-state index is 13.8. The van der Waals surface area contributed by atoms with Crippen molar-refractivity contribution in [2.45, 2.75) is 38.1 Å². The van der Waals surface area contributed by atoms with E-state index in [2.05, 4.69) is 5.32 Å². The molecular formula is C18H16F2N2OS. The lowest BCUT2D eigenvalue weighted by Gasteiger charge is -2.12. The summed E-state index contributed by atoms with van der Waals surface area (Å²) in [4.78, 5) is 14.2. The predicted octanol–water partition coefficient (Wildman–Crippen LogP) is 4.29. The van der Waals surface area contributed by atoms with Crippen molar-refractivity contribution in [3.8, 4) is 6.07 Å². The van der Waals surface area contributed by atoms with Crippen LogP contribution in [0.15, 0.2) is 24.3 Å². The molecule has 0 aliphatic heterocycles. The molecule has 1 aromatic carbocycles. The van der Waals surface area contributed by atoms with E-state index < -0.39 is 23.6 Å². The zero-order chi connectivity index (χ0) is 17.1. The van der Waals surface area contributed by atoms with E-state index in [4.69, 9.17) is 0 Å². The number of hydrogen-bond donors (Lipinski definition) is 1. The van der Waals surface area contributed by atoms with E-state index in [1.165, 1.54) is 34.3 Å². The summed E-state index contributed by atoms with van der Waals surface area (Å²) in [6.45, 7) is 0. The molecule has 0 spiro atoms. The SMILES string of the molecule is N#CC(NC(=O)c1cc2c(s1)CCCCC2)c1ccc(F)cc1F. The first kappa shape index (κ1) is 16.6. The zero-order valence-corrected chi connectivity index (χ0v) is 13.8. The number of fused-ring (bicyclic) bond motifs is 1. The van der Waals surface area contributed by atoms with Gasteiger partial charge in [-0.05, 0) is 43.4 Å².